The molecule has 2 rings (SSSR count). The van der Waals surface area contributed by atoms with E-state index in [-0.39, 0.29) is 0 Å². The molecule has 0 saturated carbocycles. The molecule has 1 aliphatic heterocycles. The Hall–Kier alpha value is -0.480. The second kappa shape index (κ2) is 3.35. The van der Waals surface area contributed by atoms with Crippen LogP contribution >= 0.6 is 11.8 Å². The van der Waals surface area contributed by atoms with E-state index in [1.165, 1.54) is 12.1 Å². The van der Waals surface area contributed by atoms with Crippen molar-refractivity contribution in [2.75, 3.05) is 14.1 Å². The molecule has 2 N–H and O–H groups in total. The van der Waals surface area contributed by atoms with Gasteiger partial charge in [-0.05, 0) is 26.9 Å². The van der Waals surface area contributed by atoms with E-state index in [0.29, 0.717) is 11.3 Å². The topological polar surface area (TPSA) is 41.6 Å². The standard InChI is InChI=1S/C9H15N3S/c1-12(2)6-3-4-7-8(5-6)13-9(10)11-7/h4,6,8H,3,5H2,1-2H3,(H2,10,11). The summed E-state index contributed by atoms with van der Waals surface area (Å²) >= 11 is 1.70. The molecule has 1 heterocycles. The van der Waals surface area contributed by atoms with Gasteiger partial charge >= 0.3 is 0 Å². The van der Waals surface area contributed by atoms with Crippen molar-refractivity contribution < 1.29 is 0 Å². The van der Waals surface area contributed by atoms with E-state index >= 15 is 0 Å². The van der Waals surface area contributed by atoms with Crippen LogP contribution in [0.4, 0.5) is 0 Å². The summed E-state index contributed by atoms with van der Waals surface area (Å²) in [5.74, 6) is 0. The lowest BCUT2D eigenvalue weighted by molar-refractivity contribution is 0.275. The second-order valence-corrected chi connectivity index (χ2v) is 5.00. The van der Waals surface area contributed by atoms with Crippen molar-refractivity contribution in [3.05, 3.63) is 11.8 Å². The van der Waals surface area contributed by atoms with Crippen molar-refractivity contribution in [2.45, 2.75) is 24.1 Å². The quantitative estimate of drug-likeness (QED) is 0.682. The van der Waals surface area contributed by atoms with Crippen molar-refractivity contribution in [1.29, 1.82) is 0 Å². The first-order chi connectivity index (χ1) is 6.16. The largest absolute Gasteiger partial charge is 0.378 e. The Kier molecular flexibility index (Phi) is 2.34. The van der Waals surface area contributed by atoms with Crippen LogP contribution in [0.5, 0.6) is 0 Å². The monoisotopic (exact) mass is 197 g/mol. The first kappa shape index (κ1) is 9.09. The molecule has 4 heteroatoms. The summed E-state index contributed by atoms with van der Waals surface area (Å²) in [4.78, 5) is 6.58. The lowest BCUT2D eigenvalue weighted by Crippen LogP contribution is -2.33. The van der Waals surface area contributed by atoms with Gasteiger partial charge in [-0.1, -0.05) is 17.8 Å². The predicted molar refractivity (Wildman–Crippen MR) is 57.8 cm³/mol. The van der Waals surface area contributed by atoms with Gasteiger partial charge in [0.1, 0.15) is 0 Å². The van der Waals surface area contributed by atoms with Gasteiger partial charge in [0.15, 0.2) is 5.17 Å². The maximum absolute atomic E-state index is 5.67. The van der Waals surface area contributed by atoms with E-state index in [2.05, 4.69) is 30.1 Å². The maximum atomic E-state index is 5.67. The molecule has 0 bridgehead atoms. The zero-order valence-corrected chi connectivity index (χ0v) is 8.84. The van der Waals surface area contributed by atoms with Crippen molar-refractivity contribution in [2.24, 2.45) is 10.7 Å². The van der Waals surface area contributed by atoms with Gasteiger partial charge in [-0.15, -0.1) is 0 Å². The highest BCUT2D eigenvalue weighted by molar-refractivity contribution is 8.14. The van der Waals surface area contributed by atoms with Crippen LogP contribution in [-0.4, -0.2) is 35.5 Å². The summed E-state index contributed by atoms with van der Waals surface area (Å²) in [6, 6.07) is 0.655. The zero-order chi connectivity index (χ0) is 9.42. The molecule has 0 radical (unpaired) electrons. The smallest absolute Gasteiger partial charge is 0.159 e. The highest BCUT2D eigenvalue weighted by Crippen LogP contribution is 2.36. The fourth-order valence-electron chi connectivity index (χ4n) is 1.80. The summed E-state index contributed by atoms with van der Waals surface area (Å²) in [5, 5.41) is 1.25. The first-order valence-corrected chi connectivity index (χ1v) is 5.42. The Balaban J connectivity index is 2.08. The summed E-state index contributed by atoms with van der Waals surface area (Å²) < 4.78 is 0. The average molecular weight is 197 g/mol. The van der Waals surface area contributed by atoms with Gasteiger partial charge in [-0.2, -0.15) is 0 Å². The van der Waals surface area contributed by atoms with E-state index in [0.717, 1.165) is 11.6 Å². The summed E-state index contributed by atoms with van der Waals surface area (Å²) in [5.41, 5.74) is 6.87. The van der Waals surface area contributed by atoms with Crippen LogP contribution in [-0.2, 0) is 0 Å². The molecule has 0 spiro atoms. The van der Waals surface area contributed by atoms with Crippen LogP contribution in [0.15, 0.2) is 16.8 Å². The molecule has 2 unspecified atom stereocenters. The molecule has 13 heavy (non-hydrogen) atoms. The Bertz CT molecular complexity index is 270. The second-order valence-electron chi connectivity index (χ2n) is 3.77. The highest BCUT2D eigenvalue weighted by atomic mass is 32.2. The van der Waals surface area contributed by atoms with Gasteiger partial charge < -0.3 is 10.6 Å². The van der Waals surface area contributed by atoms with Crippen LogP contribution < -0.4 is 5.73 Å². The Labute approximate surface area is 83.1 Å². The van der Waals surface area contributed by atoms with E-state index in [9.17, 15) is 0 Å². The molecule has 0 aromatic rings. The summed E-state index contributed by atoms with van der Waals surface area (Å²) in [6.45, 7) is 0. The number of nitrogens with two attached hydrogens (primary N) is 1. The first-order valence-electron chi connectivity index (χ1n) is 4.54. The number of nitrogens with zero attached hydrogens (tertiary/aromatic N) is 2. The van der Waals surface area contributed by atoms with Crippen molar-refractivity contribution in [1.82, 2.24) is 4.90 Å². The summed E-state index contributed by atoms with van der Waals surface area (Å²) in [6.07, 6.45) is 4.51. The van der Waals surface area contributed by atoms with Gasteiger partial charge in [-0.3, -0.25) is 0 Å². The predicted octanol–water partition coefficient (Wildman–Crippen LogP) is 1.02. The van der Waals surface area contributed by atoms with Crippen LogP contribution in [0.3, 0.4) is 0 Å². The minimum Gasteiger partial charge on any atom is -0.378 e. The van der Waals surface area contributed by atoms with Gasteiger partial charge in [0, 0.05) is 6.04 Å². The number of fused-ring (bicyclic) bond motifs is 1. The minimum atomic E-state index is 0.515. The Morgan fingerprint density at radius 1 is 1.62 bits per heavy atom. The molecule has 2 aliphatic rings. The zero-order valence-electron chi connectivity index (χ0n) is 8.03. The third-order valence-corrected chi connectivity index (χ3v) is 3.70. The number of thioether (sulfide) groups is 1. The molecular formula is C9H15N3S. The molecular weight excluding hydrogens is 182 g/mol. The normalized spacial score (nSPS) is 32.8. The third kappa shape index (κ3) is 1.74. The van der Waals surface area contributed by atoms with Crippen LogP contribution in [0.2, 0.25) is 0 Å². The molecule has 3 nitrogen and oxygen atoms in total. The van der Waals surface area contributed by atoms with Crippen LogP contribution in [0, 0.1) is 0 Å². The molecule has 0 amide bonds. The molecule has 0 saturated heterocycles. The highest BCUT2D eigenvalue weighted by Gasteiger charge is 2.30. The van der Waals surface area contributed by atoms with E-state index in [4.69, 9.17) is 5.73 Å². The van der Waals surface area contributed by atoms with Gasteiger partial charge in [0.2, 0.25) is 0 Å². The van der Waals surface area contributed by atoms with Gasteiger partial charge in [0.05, 0.1) is 10.9 Å². The number of hydrogen-bond acceptors (Lipinski definition) is 4. The maximum Gasteiger partial charge on any atom is 0.159 e. The number of aliphatic imine (C=N–C) groups is 1. The Morgan fingerprint density at radius 3 is 3.08 bits per heavy atom. The molecule has 0 fully saturated rings. The van der Waals surface area contributed by atoms with Crippen molar-refractivity contribution in [3.8, 4) is 0 Å². The third-order valence-electron chi connectivity index (χ3n) is 2.65. The van der Waals surface area contributed by atoms with E-state index in [1.807, 2.05) is 0 Å². The lowest BCUT2D eigenvalue weighted by atomic mass is 9.98. The number of hydrogen-bond donors (Lipinski definition) is 1. The minimum absolute atomic E-state index is 0.515. The van der Waals surface area contributed by atoms with Crippen LogP contribution in [0.25, 0.3) is 0 Å². The van der Waals surface area contributed by atoms with Gasteiger partial charge in [-0.25, -0.2) is 4.99 Å². The van der Waals surface area contributed by atoms with Crippen molar-refractivity contribution >= 4 is 16.9 Å². The fourth-order valence-corrected chi connectivity index (χ4v) is 2.84. The lowest BCUT2D eigenvalue weighted by Gasteiger charge is -2.29. The molecule has 72 valence electrons. The molecule has 0 aromatic carbocycles. The molecule has 1 aliphatic carbocycles. The average Bonchev–Trinajstić information content (AvgIpc) is 2.42. The molecule has 0 aromatic heterocycles. The Morgan fingerprint density at radius 2 is 2.38 bits per heavy atom. The molecule has 2 atom stereocenters. The van der Waals surface area contributed by atoms with Crippen LogP contribution in [0.1, 0.15) is 12.8 Å². The van der Waals surface area contributed by atoms with Crippen molar-refractivity contribution in [3.63, 3.8) is 0 Å². The van der Waals surface area contributed by atoms with Gasteiger partial charge in [0.25, 0.3) is 0 Å². The van der Waals surface area contributed by atoms with E-state index in [1.54, 1.807) is 11.8 Å². The summed E-state index contributed by atoms with van der Waals surface area (Å²) in [7, 11) is 4.26. The SMILES string of the molecule is CN(C)C1CC=C2N=C(N)SC2C1. The van der Waals surface area contributed by atoms with E-state index < -0.39 is 0 Å². The fraction of sp³-hybridized carbons (Fsp3) is 0.667. The number of rotatable bonds is 1. The number of amidine groups is 1.